The van der Waals surface area contributed by atoms with E-state index in [1.54, 1.807) is 11.4 Å². The van der Waals surface area contributed by atoms with E-state index in [1.165, 1.54) is 6.26 Å². The zero-order valence-electron chi connectivity index (χ0n) is 13.9. The molecule has 2 atom stereocenters. The minimum absolute atomic E-state index is 0.116. The van der Waals surface area contributed by atoms with E-state index in [-0.39, 0.29) is 12.0 Å². The van der Waals surface area contributed by atoms with Gasteiger partial charge in [0.1, 0.15) is 5.75 Å². The lowest BCUT2D eigenvalue weighted by Gasteiger charge is -2.39. The van der Waals surface area contributed by atoms with Gasteiger partial charge >= 0.3 is 0 Å². The van der Waals surface area contributed by atoms with Gasteiger partial charge in [-0.1, -0.05) is 25.1 Å². The van der Waals surface area contributed by atoms with E-state index < -0.39 is 10.0 Å². The Balaban J connectivity index is 2.20. The van der Waals surface area contributed by atoms with E-state index in [1.807, 2.05) is 42.5 Å². The van der Waals surface area contributed by atoms with E-state index in [0.29, 0.717) is 6.54 Å². The number of rotatable bonds is 3. The van der Waals surface area contributed by atoms with Crippen LogP contribution in [0.3, 0.4) is 0 Å². The third-order valence-corrected chi connectivity index (χ3v) is 6.40. The van der Waals surface area contributed by atoms with Crippen LogP contribution in [0.4, 0.5) is 0 Å². The quantitative estimate of drug-likeness (QED) is 0.660. The molecule has 24 heavy (non-hydrogen) atoms. The van der Waals surface area contributed by atoms with Gasteiger partial charge in [0.15, 0.2) is 0 Å². The summed E-state index contributed by atoms with van der Waals surface area (Å²) in [5, 5.41) is 0. The minimum atomic E-state index is -3.32. The second-order valence-electron chi connectivity index (χ2n) is 6.18. The van der Waals surface area contributed by atoms with E-state index in [2.05, 4.69) is 29.5 Å². The summed E-state index contributed by atoms with van der Waals surface area (Å²) in [6, 6.07) is 13.7. The Labute approximate surface area is 157 Å². The highest BCUT2D eigenvalue weighted by atomic mass is 127. The van der Waals surface area contributed by atoms with E-state index >= 15 is 0 Å². The van der Waals surface area contributed by atoms with Gasteiger partial charge in [-0.3, -0.25) is 0 Å². The second kappa shape index (κ2) is 6.65. The molecule has 3 rings (SSSR count). The molecule has 1 aliphatic rings. The molecule has 2 unspecified atom stereocenters. The molecule has 0 saturated carbocycles. The zero-order chi connectivity index (χ0) is 17.5. The number of hydrogen-bond acceptors (Lipinski definition) is 3. The van der Waals surface area contributed by atoms with Crippen molar-refractivity contribution in [3.05, 3.63) is 62.7 Å². The molecule has 6 heteroatoms. The van der Waals surface area contributed by atoms with Crippen molar-refractivity contribution in [3.63, 3.8) is 0 Å². The second-order valence-corrected chi connectivity index (χ2v) is 9.36. The maximum atomic E-state index is 12.4. The molecule has 0 radical (unpaired) electrons. The molecule has 128 valence electrons. The van der Waals surface area contributed by atoms with Crippen LogP contribution in [0.25, 0.3) is 0 Å². The molecule has 0 N–H and O–H groups in total. The molecule has 1 aliphatic heterocycles. The number of hydrogen-bond donors (Lipinski definition) is 0. The Hall–Kier alpha value is -1.12. The highest BCUT2D eigenvalue weighted by Gasteiger charge is 2.37. The van der Waals surface area contributed by atoms with Gasteiger partial charge in [-0.25, -0.2) is 8.42 Å². The summed E-state index contributed by atoms with van der Waals surface area (Å²) >= 11 is 2.25. The topological polar surface area (TPSA) is 46.6 Å². The van der Waals surface area contributed by atoms with Gasteiger partial charge in [0, 0.05) is 10.1 Å². The normalized spacial score (nSPS) is 21.3. The van der Waals surface area contributed by atoms with Crippen molar-refractivity contribution < 1.29 is 13.2 Å². The van der Waals surface area contributed by atoms with E-state index in [0.717, 1.165) is 26.0 Å². The first-order valence-corrected chi connectivity index (χ1v) is 10.6. The summed E-state index contributed by atoms with van der Waals surface area (Å²) in [5.41, 5.74) is 3.16. The number of nitrogens with zero attached hydrogens (tertiary/aromatic N) is 1. The summed E-state index contributed by atoms with van der Waals surface area (Å²) < 4.78 is 32.9. The molecule has 0 fully saturated rings. The molecule has 0 bridgehead atoms. The van der Waals surface area contributed by atoms with Crippen LogP contribution >= 0.6 is 22.6 Å². The van der Waals surface area contributed by atoms with Crippen LogP contribution in [-0.4, -0.2) is 32.6 Å². The van der Waals surface area contributed by atoms with Gasteiger partial charge in [-0.05, 0) is 69.5 Å². The van der Waals surface area contributed by atoms with Crippen LogP contribution in [-0.2, 0) is 10.0 Å². The lowest BCUT2D eigenvalue weighted by molar-refractivity contribution is 0.321. The Morgan fingerprint density at radius 3 is 2.38 bits per heavy atom. The molecule has 2 aromatic carbocycles. The fraction of sp³-hybridized carbons (Fsp3) is 0.333. The maximum absolute atomic E-state index is 12.4. The number of sulfonamides is 1. The summed E-state index contributed by atoms with van der Waals surface area (Å²) in [6.07, 6.45) is 1.29. The maximum Gasteiger partial charge on any atom is 0.212 e. The molecule has 0 amide bonds. The first-order chi connectivity index (χ1) is 11.3. The number of fused-ring (bicyclic) bond motifs is 1. The van der Waals surface area contributed by atoms with Crippen molar-refractivity contribution in [2.75, 3.05) is 19.9 Å². The van der Waals surface area contributed by atoms with Crippen LogP contribution in [0.5, 0.6) is 5.75 Å². The third-order valence-electron chi connectivity index (χ3n) is 4.47. The monoisotopic (exact) mass is 457 g/mol. The Morgan fingerprint density at radius 1 is 1.12 bits per heavy atom. The molecule has 0 spiro atoms. The van der Waals surface area contributed by atoms with Crippen molar-refractivity contribution >= 4 is 32.6 Å². The number of ether oxygens (including phenoxy) is 1. The van der Waals surface area contributed by atoms with Crippen LogP contribution in [0, 0.1) is 3.57 Å². The molecule has 4 nitrogen and oxygen atoms in total. The SMILES string of the molecule is COc1ccc2c(c1)C(C)CN(S(C)(=O)=O)C2c1ccc(I)cc1. The fourth-order valence-corrected chi connectivity index (χ4v) is 4.77. The van der Waals surface area contributed by atoms with Gasteiger partial charge in [0.25, 0.3) is 0 Å². The summed E-state index contributed by atoms with van der Waals surface area (Å²) in [6.45, 7) is 2.52. The van der Waals surface area contributed by atoms with E-state index in [9.17, 15) is 8.42 Å². The molecular weight excluding hydrogens is 437 g/mol. The summed E-state index contributed by atoms with van der Waals surface area (Å²) in [7, 11) is -1.68. The zero-order valence-corrected chi connectivity index (χ0v) is 16.8. The minimum Gasteiger partial charge on any atom is -0.497 e. The van der Waals surface area contributed by atoms with Gasteiger partial charge in [0.2, 0.25) is 10.0 Å². The third kappa shape index (κ3) is 3.32. The van der Waals surface area contributed by atoms with Crippen LogP contribution in [0.1, 0.15) is 35.6 Å². The van der Waals surface area contributed by atoms with Crippen molar-refractivity contribution in [3.8, 4) is 5.75 Å². The number of benzene rings is 2. The van der Waals surface area contributed by atoms with Crippen molar-refractivity contribution in [2.24, 2.45) is 0 Å². The average molecular weight is 457 g/mol. The van der Waals surface area contributed by atoms with Crippen molar-refractivity contribution in [1.29, 1.82) is 0 Å². The highest BCUT2D eigenvalue weighted by Crippen LogP contribution is 2.42. The molecule has 0 aromatic heterocycles. The van der Waals surface area contributed by atoms with Crippen LogP contribution in [0.2, 0.25) is 0 Å². The Morgan fingerprint density at radius 2 is 1.79 bits per heavy atom. The summed E-state index contributed by atoms with van der Waals surface area (Å²) in [4.78, 5) is 0. The molecule has 2 aromatic rings. The Kier molecular flexibility index (Phi) is 4.90. The average Bonchev–Trinajstić information content (AvgIpc) is 2.54. The molecule has 0 aliphatic carbocycles. The highest BCUT2D eigenvalue weighted by molar-refractivity contribution is 14.1. The Bertz CT molecular complexity index is 849. The standard InChI is InChI=1S/C18H20INO3S/c1-12-11-20(24(3,21)22)18(13-4-6-14(19)7-5-13)16-9-8-15(23-2)10-17(12)16/h4-10,12,18H,11H2,1-3H3. The number of methoxy groups -OCH3 is 1. The largest absolute Gasteiger partial charge is 0.497 e. The summed E-state index contributed by atoms with van der Waals surface area (Å²) in [5.74, 6) is 0.916. The van der Waals surface area contributed by atoms with Crippen LogP contribution < -0.4 is 4.74 Å². The lowest BCUT2D eigenvalue weighted by atomic mass is 9.84. The first kappa shape index (κ1) is 17.7. The van der Waals surface area contributed by atoms with Gasteiger partial charge < -0.3 is 4.74 Å². The lowest BCUT2D eigenvalue weighted by Crippen LogP contribution is -2.41. The molecule has 0 saturated heterocycles. The van der Waals surface area contributed by atoms with E-state index in [4.69, 9.17) is 4.74 Å². The molecular formula is C18H20INO3S. The number of halogens is 1. The van der Waals surface area contributed by atoms with Crippen molar-refractivity contribution in [1.82, 2.24) is 4.31 Å². The molecule has 1 heterocycles. The van der Waals surface area contributed by atoms with Crippen molar-refractivity contribution in [2.45, 2.75) is 18.9 Å². The predicted molar refractivity (Wildman–Crippen MR) is 104 cm³/mol. The van der Waals surface area contributed by atoms with Gasteiger partial charge in [-0.2, -0.15) is 4.31 Å². The first-order valence-electron chi connectivity index (χ1n) is 7.71. The van der Waals surface area contributed by atoms with Gasteiger partial charge in [0.05, 0.1) is 19.4 Å². The predicted octanol–water partition coefficient (Wildman–Crippen LogP) is 3.77. The van der Waals surface area contributed by atoms with Gasteiger partial charge in [-0.15, -0.1) is 0 Å². The van der Waals surface area contributed by atoms with Crippen LogP contribution in [0.15, 0.2) is 42.5 Å². The smallest absolute Gasteiger partial charge is 0.212 e. The fourth-order valence-electron chi connectivity index (χ4n) is 3.30.